The van der Waals surface area contributed by atoms with Crippen LogP contribution in [-0.2, 0) is 6.42 Å². The Bertz CT molecular complexity index is 280. The molecular weight excluding hydrogens is 186 g/mol. The molecule has 2 nitrogen and oxygen atoms in total. The topological polar surface area (TPSA) is 32.3 Å². The molecule has 1 saturated heterocycles. The van der Waals surface area contributed by atoms with Gasteiger partial charge in [-0.3, -0.25) is 0 Å². The third-order valence-electron chi connectivity index (χ3n) is 3.08. The molecule has 82 valence electrons. The van der Waals surface area contributed by atoms with Crippen molar-refractivity contribution in [2.45, 2.75) is 25.4 Å². The third-order valence-corrected chi connectivity index (χ3v) is 3.08. The normalized spacial score (nSPS) is 22.9. The summed E-state index contributed by atoms with van der Waals surface area (Å²) in [4.78, 5) is 0. The predicted molar refractivity (Wildman–Crippen MR) is 61.7 cm³/mol. The van der Waals surface area contributed by atoms with Crippen LogP contribution in [0, 0.1) is 5.92 Å². The van der Waals surface area contributed by atoms with Crippen molar-refractivity contribution in [3.63, 3.8) is 0 Å². The molecule has 0 aromatic heterocycles. The van der Waals surface area contributed by atoms with Crippen LogP contribution in [0.25, 0.3) is 0 Å². The molecule has 1 fully saturated rings. The maximum atomic E-state index is 9.94. The number of nitrogens with one attached hydrogen (secondary N) is 1. The lowest BCUT2D eigenvalue weighted by atomic mass is 9.96. The summed E-state index contributed by atoms with van der Waals surface area (Å²) >= 11 is 0. The van der Waals surface area contributed by atoms with Crippen LogP contribution < -0.4 is 5.32 Å². The Kier molecular flexibility index (Phi) is 3.75. The smallest absolute Gasteiger partial charge is 0.0583 e. The molecule has 2 atom stereocenters. The van der Waals surface area contributed by atoms with Gasteiger partial charge in [0.05, 0.1) is 6.10 Å². The Morgan fingerprint density at radius 2 is 2.13 bits per heavy atom. The second-order valence-electron chi connectivity index (χ2n) is 4.44. The lowest BCUT2D eigenvalue weighted by Crippen LogP contribution is -2.18. The Hall–Kier alpha value is -0.860. The fourth-order valence-electron chi connectivity index (χ4n) is 2.27. The monoisotopic (exact) mass is 205 g/mol. The van der Waals surface area contributed by atoms with E-state index in [9.17, 15) is 5.11 Å². The van der Waals surface area contributed by atoms with Crippen molar-refractivity contribution in [1.29, 1.82) is 0 Å². The van der Waals surface area contributed by atoms with Crippen LogP contribution >= 0.6 is 0 Å². The van der Waals surface area contributed by atoms with Crippen molar-refractivity contribution in [3.05, 3.63) is 35.9 Å². The van der Waals surface area contributed by atoms with E-state index in [0.29, 0.717) is 5.92 Å². The van der Waals surface area contributed by atoms with Gasteiger partial charge in [0.25, 0.3) is 0 Å². The minimum absolute atomic E-state index is 0.183. The third kappa shape index (κ3) is 3.33. The summed E-state index contributed by atoms with van der Waals surface area (Å²) < 4.78 is 0. The molecule has 2 heteroatoms. The first-order valence-corrected chi connectivity index (χ1v) is 5.77. The molecule has 1 aromatic rings. The largest absolute Gasteiger partial charge is 0.393 e. The molecule has 2 rings (SSSR count). The number of aliphatic hydroxyl groups excluding tert-OH is 1. The van der Waals surface area contributed by atoms with Crippen LogP contribution in [0.3, 0.4) is 0 Å². The molecule has 0 bridgehead atoms. The van der Waals surface area contributed by atoms with E-state index in [1.807, 2.05) is 18.2 Å². The number of benzene rings is 1. The molecule has 15 heavy (non-hydrogen) atoms. The van der Waals surface area contributed by atoms with Gasteiger partial charge < -0.3 is 10.4 Å². The number of hydrogen-bond donors (Lipinski definition) is 2. The Morgan fingerprint density at radius 3 is 2.80 bits per heavy atom. The van der Waals surface area contributed by atoms with Gasteiger partial charge in [-0.2, -0.15) is 0 Å². The van der Waals surface area contributed by atoms with E-state index in [1.165, 1.54) is 12.0 Å². The fourth-order valence-corrected chi connectivity index (χ4v) is 2.27. The van der Waals surface area contributed by atoms with E-state index in [-0.39, 0.29) is 6.10 Å². The maximum absolute atomic E-state index is 9.94. The Morgan fingerprint density at radius 1 is 1.33 bits per heavy atom. The molecule has 0 aliphatic carbocycles. The summed E-state index contributed by atoms with van der Waals surface area (Å²) in [5, 5.41) is 13.3. The van der Waals surface area contributed by atoms with Crippen LogP contribution in [0.2, 0.25) is 0 Å². The first kappa shape index (κ1) is 10.7. The van der Waals surface area contributed by atoms with E-state index in [2.05, 4.69) is 17.4 Å². The van der Waals surface area contributed by atoms with E-state index < -0.39 is 0 Å². The Labute approximate surface area is 91.3 Å². The molecule has 0 spiro atoms. The quantitative estimate of drug-likeness (QED) is 0.782. The van der Waals surface area contributed by atoms with E-state index in [4.69, 9.17) is 0 Å². The number of hydrogen-bond acceptors (Lipinski definition) is 2. The zero-order valence-corrected chi connectivity index (χ0v) is 9.02. The van der Waals surface area contributed by atoms with Gasteiger partial charge >= 0.3 is 0 Å². The first-order chi connectivity index (χ1) is 7.34. The summed E-state index contributed by atoms with van der Waals surface area (Å²) in [6, 6.07) is 10.2. The van der Waals surface area contributed by atoms with Crippen LogP contribution in [0.4, 0.5) is 0 Å². The molecule has 0 radical (unpaired) electrons. The molecular formula is C13H19NO. The summed E-state index contributed by atoms with van der Waals surface area (Å²) in [5.41, 5.74) is 1.23. The van der Waals surface area contributed by atoms with Gasteiger partial charge in [-0.25, -0.2) is 0 Å². The Balaban J connectivity index is 1.79. The van der Waals surface area contributed by atoms with Gasteiger partial charge in [0, 0.05) is 0 Å². The first-order valence-electron chi connectivity index (χ1n) is 5.77. The molecule has 1 aliphatic heterocycles. The van der Waals surface area contributed by atoms with Gasteiger partial charge in [-0.15, -0.1) is 0 Å². The van der Waals surface area contributed by atoms with Crippen molar-refractivity contribution in [1.82, 2.24) is 5.32 Å². The highest BCUT2D eigenvalue weighted by atomic mass is 16.3. The van der Waals surface area contributed by atoms with Crippen molar-refractivity contribution in [2.75, 3.05) is 13.1 Å². The summed E-state index contributed by atoms with van der Waals surface area (Å²) in [5.74, 6) is 0.670. The average Bonchev–Trinajstić information content (AvgIpc) is 2.71. The zero-order valence-electron chi connectivity index (χ0n) is 9.02. The van der Waals surface area contributed by atoms with Crippen molar-refractivity contribution in [2.24, 2.45) is 5.92 Å². The molecule has 2 unspecified atom stereocenters. The minimum atomic E-state index is -0.183. The highest BCUT2D eigenvalue weighted by molar-refractivity contribution is 5.15. The van der Waals surface area contributed by atoms with Crippen molar-refractivity contribution in [3.8, 4) is 0 Å². The van der Waals surface area contributed by atoms with E-state index in [1.54, 1.807) is 0 Å². The SMILES string of the molecule is OC(Cc1ccccc1)CC1CCNC1. The fraction of sp³-hybridized carbons (Fsp3) is 0.538. The standard InChI is InChI=1S/C13H19NO/c15-13(9-12-6-7-14-10-12)8-11-4-2-1-3-5-11/h1-5,12-15H,6-10H2. The molecule has 0 amide bonds. The highest BCUT2D eigenvalue weighted by Gasteiger charge is 2.18. The van der Waals surface area contributed by atoms with Gasteiger partial charge in [-0.05, 0) is 43.8 Å². The van der Waals surface area contributed by atoms with Crippen molar-refractivity contribution < 1.29 is 5.11 Å². The van der Waals surface area contributed by atoms with Crippen LogP contribution in [0.1, 0.15) is 18.4 Å². The number of aliphatic hydroxyl groups is 1. The van der Waals surface area contributed by atoms with E-state index >= 15 is 0 Å². The van der Waals surface area contributed by atoms with Crippen LogP contribution in [0.5, 0.6) is 0 Å². The maximum Gasteiger partial charge on any atom is 0.0583 e. The van der Waals surface area contributed by atoms with Gasteiger partial charge in [0.2, 0.25) is 0 Å². The number of rotatable bonds is 4. The second-order valence-corrected chi connectivity index (χ2v) is 4.44. The summed E-state index contributed by atoms with van der Waals surface area (Å²) in [6.45, 7) is 2.19. The van der Waals surface area contributed by atoms with E-state index in [0.717, 1.165) is 25.9 Å². The van der Waals surface area contributed by atoms with Gasteiger partial charge in [0.1, 0.15) is 0 Å². The minimum Gasteiger partial charge on any atom is -0.393 e. The van der Waals surface area contributed by atoms with Crippen LogP contribution in [0.15, 0.2) is 30.3 Å². The average molecular weight is 205 g/mol. The van der Waals surface area contributed by atoms with Crippen molar-refractivity contribution >= 4 is 0 Å². The summed E-state index contributed by atoms with van der Waals surface area (Å²) in [6.07, 6.45) is 2.75. The second kappa shape index (κ2) is 5.29. The highest BCUT2D eigenvalue weighted by Crippen LogP contribution is 2.16. The zero-order chi connectivity index (χ0) is 10.5. The van der Waals surface area contributed by atoms with Gasteiger partial charge in [-0.1, -0.05) is 30.3 Å². The lowest BCUT2D eigenvalue weighted by Gasteiger charge is -2.14. The van der Waals surface area contributed by atoms with Crippen LogP contribution in [-0.4, -0.2) is 24.3 Å². The molecule has 1 aromatic carbocycles. The molecule has 0 saturated carbocycles. The van der Waals surface area contributed by atoms with Gasteiger partial charge in [0.15, 0.2) is 0 Å². The lowest BCUT2D eigenvalue weighted by molar-refractivity contribution is 0.146. The summed E-state index contributed by atoms with van der Waals surface area (Å²) in [7, 11) is 0. The predicted octanol–water partition coefficient (Wildman–Crippen LogP) is 1.59. The molecule has 2 N–H and O–H groups in total. The molecule has 1 aliphatic rings. The molecule has 1 heterocycles.